The third-order valence-corrected chi connectivity index (χ3v) is 5.21. The third kappa shape index (κ3) is 4.27. The fraction of sp³-hybridized carbons (Fsp3) is 0.200. The van der Waals surface area contributed by atoms with E-state index in [1.807, 2.05) is 0 Å². The third-order valence-electron chi connectivity index (χ3n) is 5.21. The lowest BCUT2D eigenvalue weighted by Crippen LogP contribution is -2.14. The first-order valence-corrected chi connectivity index (χ1v) is 10.2. The lowest BCUT2D eigenvalue weighted by Gasteiger charge is -2.13. The predicted molar refractivity (Wildman–Crippen MR) is 121 cm³/mol. The normalized spacial score (nSPS) is 11.6. The fourth-order valence-corrected chi connectivity index (χ4v) is 3.53. The minimum atomic E-state index is -0.873. The van der Waals surface area contributed by atoms with E-state index in [4.69, 9.17) is 23.0 Å². The van der Waals surface area contributed by atoms with E-state index >= 15 is 0 Å². The van der Waals surface area contributed by atoms with Crippen molar-refractivity contribution in [3.8, 4) is 40.3 Å². The molecule has 0 fully saturated rings. The van der Waals surface area contributed by atoms with E-state index in [9.17, 15) is 10.1 Å². The molecule has 9 nitrogen and oxygen atoms in total. The Kier molecular flexibility index (Phi) is 6.43. The molecule has 0 amide bonds. The van der Waals surface area contributed by atoms with Crippen molar-refractivity contribution in [3.63, 3.8) is 0 Å². The van der Waals surface area contributed by atoms with Crippen LogP contribution in [0.4, 0.5) is 0 Å². The minimum absolute atomic E-state index is 0.126. The van der Waals surface area contributed by atoms with Gasteiger partial charge < -0.3 is 23.0 Å². The number of ketones is 1. The van der Waals surface area contributed by atoms with Crippen molar-refractivity contribution in [3.05, 3.63) is 71.3 Å². The first kappa shape index (κ1) is 22.8. The number of carbonyl (C=O) groups is 1. The van der Waals surface area contributed by atoms with Gasteiger partial charge in [0.05, 0.1) is 14.2 Å². The van der Waals surface area contributed by atoms with Gasteiger partial charge in [-0.05, 0) is 42.0 Å². The van der Waals surface area contributed by atoms with Gasteiger partial charge in [0.15, 0.2) is 5.76 Å². The summed E-state index contributed by atoms with van der Waals surface area (Å²) in [4.78, 5) is 13.2. The number of carbonyl (C=O) groups excluding carboxylic acids is 1. The molecule has 9 heteroatoms. The van der Waals surface area contributed by atoms with Crippen LogP contribution in [0, 0.1) is 18.3 Å². The first-order chi connectivity index (χ1) is 16.5. The van der Waals surface area contributed by atoms with Crippen molar-refractivity contribution in [1.82, 2.24) is 10.2 Å². The quantitative estimate of drug-likeness (QED) is 0.343. The summed E-state index contributed by atoms with van der Waals surface area (Å²) in [5.41, 5.74) is 2.25. The van der Waals surface area contributed by atoms with E-state index in [-0.39, 0.29) is 17.1 Å². The zero-order chi connectivity index (χ0) is 24.2. The van der Waals surface area contributed by atoms with E-state index in [1.165, 1.54) is 21.3 Å². The number of aryl methyl sites for hydroxylation is 1. The predicted octanol–water partition coefficient (Wildman–Crippen LogP) is 4.76. The Morgan fingerprint density at radius 1 is 0.941 bits per heavy atom. The highest BCUT2D eigenvalue weighted by atomic mass is 16.5. The SMILES string of the molecule is COc1cc(-c2ccc(C(=O)C(OC)c3ccc(-c4nnc(C)o4)cc3)o2)cc(OC)c1C#N. The van der Waals surface area contributed by atoms with Crippen LogP contribution < -0.4 is 9.47 Å². The summed E-state index contributed by atoms with van der Waals surface area (Å²) in [6.45, 7) is 1.71. The number of aromatic nitrogens is 2. The summed E-state index contributed by atoms with van der Waals surface area (Å²) in [5, 5.41) is 17.2. The minimum Gasteiger partial charge on any atom is -0.495 e. The van der Waals surface area contributed by atoms with E-state index in [0.29, 0.717) is 40.2 Å². The lowest BCUT2D eigenvalue weighted by atomic mass is 10.0. The first-order valence-electron chi connectivity index (χ1n) is 10.2. The Hall–Kier alpha value is -4.42. The zero-order valence-corrected chi connectivity index (χ0v) is 19.0. The number of furan rings is 1. The van der Waals surface area contributed by atoms with Gasteiger partial charge >= 0.3 is 0 Å². The molecular formula is C25H21N3O6. The molecule has 0 N–H and O–H groups in total. The van der Waals surface area contributed by atoms with Crippen LogP contribution in [-0.4, -0.2) is 37.3 Å². The molecule has 34 heavy (non-hydrogen) atoms. The maximum absolute atomic E-state index is 13.2. The fourth-order valence-electron chi connectivity index (χ4n) is 3.53. The van der Waals surface area contributed by atoms with E-state index < -0.39 is 6.10 Å². The topological polar surface area (TPSA) is 121 Å². The van der Waals surface area contributed by atoms with Gasteiger partial charge in [0, 0.05) is 25.2 Å². The average molecular weight is 459 g/mol. The van der Waals surface area contributed by atoms with Crippen molar-refractivity contribution >= 4 is 5.78 Å². The van der Waals surface area contributed by atoms with Crippen molar-refractivity contribution in [1.29, 1.82) is 5.26 Å². The Labute approximate surface area is 195 Å². The van der Waals surface area contributed by atoms with Gasteiger partial charge in [0.25, 0.3) is 0 Å². The Balaban J connectivity index is 1.60. The molecular weight excluding hydrogens is 438 g/mol. The number of nitrogens with zero attached hydrogens (tertiary/aromatic N) is 3. The van der Waals surface area contributed by atoms with Gasteiger partial charge in [-0.1, -0.05) is 12.1 Å². The van der Waals surface area contributed by atoms with Crippen LogP contribution in [0.5, 0.6) is 11.5 Å². The monoisotopic (exact) mass is 459 g/mol. The Morgan fingerprint density at radius 2 is 1.62 bits per heavy atom. The number of methoxy groups -OCH3 is 3. The van der Waals surface area contributed by atoms with Crippen LogP contribution in [-0.2, 0) is 4.74 Å². The van der Waals surface area contributed by atoms with E-state index in [0.717, 1.165) is 5.56 Å². The molecule has 0 radical (unpaired) electrons. The molecule has 4 aromatic rings. The van der Waals surface area contributed by atoms with Gasteiger partial charge in [0.1, 0.15) is 35.0 Å². The number of Topliss-reactive ketones (excluding diaryl/α,β-unsaturated/α-hetero) is 1. The molecule has 2 aromatic heterocycles. The molecule has 4 rings (SSSR count). The Bertz CT molecular complexity index is 1340. The number of nitriles is 1. The second kappa shape index (κ2) is 9.60. The maximum Gasteiger partial charge on any atom is 0.247 e. The largest absolute Gasteiger partial charge is 0.495 e. The highest BCUT2D eigenvalue weighted by molar-refractivity contribution is 5.98. The van der Waals surface area contributed by atoms with Gasteiger partial charge in [-0.3, -0.25) is 4.79 Å². The zero-order valence-electron chi connectivity index (χ0n) is 19.0. The van der Waals surface area contributed by atoms with Crippen LogP contribution in [0.15, 0.2) is 57.4 Å². The molecule has 2 aromatic carbocycles. The number of hydrogen-bond donors (Lipinski definition) is 0. The highest BCUT2D eigenvalue weighted by Crippen LogP contribution is 2.36. The molecule has 1 unspecified atom stereocenters. The second-order valence-corrected chi connectivity index (χ2v) is 7.26. The van der Waals surface area contributed by atoms with Crippen LogP contribution in [0.1, 0.15) is 33.7 Å². The van der Waals surface area contributed by atoms with Crippen molar-refractivity contribution in [2.75, 3.05) is 21.3 Å². The van der Waals surface area contributed by atoms with Crippen molar-refractivity contribution in [2.24, 2.45) is 0 Å². The summed E-state index contributed by atoms with van der Waals surface area (Å²) in [6, 6.07) is 15.7. The number of benzene rings is 2. The molecule has 172 valence electrons. The van der Waals surface area contributed by atoms with Gasteiger partial charge in [-0.15, -0.1) is 10.2 Å². The second-order valence-electron chi connectivity index (χ2n) is 7.26. The van der Waals surface area contributed by atoms with Crippen LogP contribution in [0.25, 0.3) is 22.8 Å². The molecule has 1 atom stereocenters. The van der Waals surface area contributed by atoms with E-state index in [1.54, 1.807) is 55.5 Å². The van der Waals surface area contributed by atoms with E-state index in [2.05, 4.69) is 16.3 Å². The number of ether oxygens (including phenoxy) is 3. The smallest absolute Gasteiger partial charge is 0.247 e. The summed E-state index contributed by atoms with van der Waals surface area (Å²) < 4.78 is 27.4. The molecule has 0 saturated carbocycles. The van der Waals surface area contributed by atoms with Crippen LogP contribution >= 0.6 is 0 Å². The van der Waals surface area contributed by atoms with Crippen molar-refractivity contribution < 1.29 is 27.8 Å². The molecule has 2 heterocycles. The Morgan fingerprint density at radius 3 is 2.15 bits per heavy atom. The number of hydrogen-bond acceptors (Lipinski definition) is 9. The standard InChI is InChI=1S/C25H21N3O6/c1-14-27-28-25(33-14)16-7-5-15(6-8-16)24(32-4)23(29)20-10-9-19(34-20)17-11-21(30-2)18(13-26)22(12-17)31-3/h5-12,24H,1-4H3. The molecule has 0 bridgehead atoms. The maximum atomic E-state index is 13.2. The van der Waals surface area contributed by atoms with Crippen LogP contribution in [0.2, 0.25) is 0 Å². The summed E-state index contributed by atoms with van der Waals surface area (Å²) in [6.07, 6.45) is -0.873. The summed E-state index contributed by atoms with van der Waals surface area (Å²) in [7, 11) is 4.38. The van der Waals surface area contributed by atoms with Gasteiger partial charge in [-0.2, -0.15) is 5.26 Å². The van der Waals surface area contributed by atoms with Crippen LogP contribution in [0.3, 0.4) is 0 Å². The lowest BCUT2D eigenvalue weighted by molar-refractivity contribution is 0.0577. The average Bonchev–Trinajstić information content (AvgIpc) is 3.53. The molecule has 0 saturated heterocycles. The summed E-state index contributed by atoms with van der Waals surface area (Å²) in [5.74, 6) is 1.74. The van der Waals surface area contributed by atoms with Crippen molar-refractivity contribution in [2.45, 2.75) is 13.0 Å². The molecule has 0 aliphatic carbocycles. The summed E-state index contributed by atoms with van der Waals surface area (Å²) >= 11 is 0. The molecule has 0 aliphatic rings. The molecule has 0 spiro atoms. The van der Waals surface area contributed by atoms with Gasteiger partial charge in [-0.25, -0.2) is 0 Å². The molecule has 0 aliphatic heterocycles. The number of rotatable bonds is 8. The van der Waals surface area contributed by atoms with Gasteiger partial charge in [0.2, 0.25) is 17.6 Å². The highest BCUT2D eigenvalue weighted by Gasteiger charge is 2.25.